The molecule has 26 heavy (non-hydrogen) atoms. The first-order valence-corrected chi connectivity index (χ1v) is 7.83. The average molecular weight is 350 g/mol. The second-order valence-electron chi connectivity index (χ2n) is 5.94. The molecule has 0 aliphatic rings. The maximum atomic E-state index is 6.26. The van der Waals surface area contributed by atoms with Gasteiger partial charge in [0, 0.05) is 22.7 Å². The van der Waals surface area contributed by atoms with E-state index in [0.29, 0.717) is 17.1 Å². The van der Waals surface area contributed by atoms with Crippen LogP contribution in [0, 0.1) is 0 Å². The normalized spacial score (nSPS) is 10.6. The number of benzene rings is 3. The number of hydrogen-bond donors (Lipinski definition) is 7. The van der Waals surface area contributed by atoms with E-state index in [-0.39, 0.29) is 28.4 Å². The molecule has 0 saturated carbocycles. The van der Waals surface area contributed by atoms with Crippen molar-refractivity contribution >= 4 is 56.9 Å². The van der Waals surface area contributed by atoms with E-state index < -0.39 is 0 Å². The van der Waals surface area contributed by atoms with Crippen LogP contribution in [-0.4, -0.2) is 0 Å². The molecule has 0 radical (unpaired) electrons. The van der Waals surface area contributed by atoms with Crippen molar-refractivity contribution in [2.75, 3.05) is 45.0 Å². The van der Waals surface area contributed by atoms with Crippen molar-refractivity contribution in [1.82, 2.24) is 0 Å². The van der Waals surface area contributed by atoms with E-state index in [2.05, 4.69) is 0 Å². The molecule has 0 fully saturated rings. The van der Waals surface area contributed by atoms with Crippen molar-refractivity contribution in [3.8, 4) is 0 Å². The lowest BCUT2D eigenvalue weighted by molar-refractivity contribution is 1.29. The molecule has 0 atom stereocenters. The highest BCUT2D eigenvalue weighted by atomic mass is 15.2. The minimum Gasteiger partial charge on any atom is -0.399 e. The molecule has 134 valence electrons. The van der Waals surface area contributed by atoms with Gasteiger partial charge >= 0.3 is 0 Å². The number of rotatable bonds is 3. The van der Waals surface area contributed by atoms with Crippen molar-refractivity contribution in [2.24, 2.45) is 0 Å². The maximum Gasteiger partial charge on any atom is 0.0968 e. The van der Waals surface area contributed by atoms with E-state index in [0.717, 1.165) is 11.4 Å². The Morgan fingerprint density at radius 1 is 0.423 bits per heavy atom. The topological polar surface area (TPSA) is 185 Å². The zero-order valence-corrected chi connectivity index (χ0v) is 14.1. The van der Waals surface area contributed by atoms with Crippen molar-refractivity contribution in [3.05, 3.63) is 48.5 Å². The first kappa shape index (κ1) is 16.9. The zero-order valence-electron chi connectivity index (χ0n) is 14.1. The quantitative estimate of drug-likeness (QED) is 0.350. The Hall–Kier alpha value is -3.94. The Balaban J connectivity index is 2.32. The lowest BCUT2D eigenvalue weighted by Gasteiger charge is -2.29. The molecular formula is C18H22N8. The Labute approximate surface area is 151 Å². The second-order valence-corrected chi connectivity index (χ2v) is 5.94. The van der Waals surface area contributed by atoms with E-state index in [1.807, 2.05) is 29.2 Å². The Bertz CT molecular complexity index is 874. The number of nitrogens with two attached hydrogens (primary N) is 7. The molecule has 0 saturated heterocycles. The van der Waals surface area contributed by atoms with E-state index in [9.17, 15) is 0 Å². The Kier molecular flexibility index (Phi) is 4.01. The van der Waals surface area contributed by atoms with Crippen LogP contribution in [0.5, 0.6) is 0 Å². The van der Waals surface area contributed by atoms with Gasteiger partial charge in [-0.05, 0) is 48.5 Å². The van der Waals surface area contributed by atoms with Gasteiger partial charge in [0.2, 0.25) is 0 Å². The number of anilines is 10. The van der Waals surface area contributed by atoms with Crippen LogP contribution >= 0.6 is 0 Å². The number of nitrogen functional groups attached to an aromatic ring is 7. The molecule has 14 N–H and O–H groups in total. The Morgan fingerprint density at radius 3 is 1.08 bits per heavy atom. The largest absolute Gasteiger partial charge is 0.399 e. The number of nitrogens with zero attached hydrogens (tertiary/aromatic N) is 1. The van der Waals surface area contributed by atoms with Gasteiger partial charge in [0.25, 0.3) is 0 Å². The molecule has 0 bridgehead atoms. The first-order valence-electron chi connectivity index (χ1n) is 7.83. The zero-order chi connectivity index (χ0) is 19.0. The van der Waals surface area contributed by atoms with E-state index in [1.54, 1.807) is 24.3 Å². The van der Waals surface area contributed by atoms with Gasteiger partial charge in [-0.25, -0.2) is 0 Å². The summed E-state index contributed by atoms with van der Waals surface area (Å²) in [5, 5.41) is 0. The minimum atomic E-state index is 0.165. The van der Waals surface area contributed by atoms with Crippen LogP contribution in [0.2, 0.25) is 0 Å². The highest BCUT2D eigenvalue weighted by Crippen LogP contribution is 2.49. The first-order chi connectivity index (χ1) is 12.3. The fraction of sp³-hybridized carbons (Fsp3) is 0. The van der Waals surface area contributed by atoms with E-state index >= 15 is 0 Å². The summed E-state index contributed by atoms with van der Waals surface area (Å²) in [7, 11) is 0. The van der Waals surface area contributed by atoms with Crippen LogP contribution in [0.15, 0.2) is 48.5 Å². The molecule has 0 aliphatic heterocycles. The summed E-state index contributed by atoms with van der Waals surface area (Å²) >= 11 is 0. The fourth-order valence-corrected chi connectivity index (χ4v) is 2.73. The molecular weight excluding hydrogens is 328 g/mol. The Morgan fingerprint density at radius 2 is 0.731 bits per heavy atom. The van der Waals surface area contributed by atoms with Crippen molar-refractivity contribution < 1.29 is 0 Å². The molecule has 0 aromatic heterocycles. The monoisotopic (exact) mass is 350 g/mol. The smallest absolute Gasteiger partial charge is 0.0968 e. The third-order valence-corrected chi connectivity index (χ3v) is 4.20. The summed E-state index contributed by atoms with van der Waals surface area (Å²) in [5.41, 5.74) is 46.4. The molecule has 8 heteroatoms. The van der Waals surface area contributed by atoms with Crippen LogP contribution in [0.4, 0.5) is 56.9 Å². The predicted molar refractivity (Wildman–Crippen MR) is 112 cm³/mol. The molecule has 3 rings (SSSR count). The molecule has 0 unspecified atom stereocenters. The molecule has 0 amide bonds. The van der Waals surface area contributed by atoms with E-state index in [4.69, 9.17) is 40.1 Å². The van der Waals surface area contributed by atoms with Gasteiger partial charge in [-0.3, -0.25) is 0 Å². The van der Waals surface area contributed by atoms with Crippen molar-refractivity contribution in [3.63, 3.8) is 0 Å². The van der Waals surface area contributed by atoms with E-state index in [1.165, 1.54) is 0 Å². The van der Waals surface area contributed by atoms with Crippen LogP contribution in [0.1, 0.15) is 0 Å². The fourth-order valence-electron chi connectivity index (χ4n) is 2.73. The third-order valence-electron chi connectivity index (χ3n) is 4.20. The van der Waals surface area contributed by atoms with Gasteiger partial charge in [0.15, 0.2) is 0 Å². The van der Waals surface area contributed by atoms with Crippen molar-refractivity contribution in [2.45, 2.75) is 0 Å². The molecule has 3 aromatic rings. The minimum absolute atomic E-state index is 0.165. The van der Waals surface area contributed by atoms with Gasteiger partial charge in [-0.15, -0.1) is 0 Å². The third kappa shape index (κ3) is 2.69. The predicted octanol–water partition coefficient (Wildman–Crippen LogP) is 2.23. The van der Waals surface area contributed by atoms with Crippen LogP contribution in [0.25, 0.3) is 0 Å². The molecule has 8 nitrogen and oxygen atoms in total. The summed E-state index contributed by atoms with van der Waals surface area (Å²) in [4.78, 5) is 1.83. The molecule has 0 aliphatic carbocycles. The van der Waals surface area contributed by atoms with Crippen LogP contribution in [0.3, 0.4) is 0 Å². The SMILES string of the molecule is Nc1ccc(N(c2ccc(N)cc2)c2c(N)c(N)c(N)c(N)c2N)cc1. The summed E-state index contributed by atoms with van der Waals surface area (Å²) in [6.07, 6.45) is 0. The second kappa shape index (κ2) is 6.17. The van der Waals surface area contributed by atoms with Gasteiger partial charge in [0.1, 0.15) is 0 Å². The van der Waals surface area contributed by atoms with Crippen LogP contribution in [-0.2, 0) is 0 Å². The highest BCUT2D eigenvalue weighted by Gasteiger charge is 2.23. The van der Waals surface area contributed by atoms with Crippen molar-refractivity contribution in [1.29, 1.82) is 0 Å². The van der Waals surface area contributed by atoms with Gasteiger partial charge < -0.3 is 45.0 Å². The standard InChI is InChI=1S/C18H22N8/c19-9-1-5-11(6-2-9)26(12-7-3-10(20)4-8-12)18-16(24)14(22)13(21)15(23)17(18)25/h1-8H,19-25H2. The number of hydrogen-bond acceptors (Lipinski definition) is 8. The average Bonchev–Trinajstić information content (AvgIpc) is 2.64. The lowest BCUT2D eigenvalue weighted by Crippen LogP contribution is -2.17. The van der Waals surface area contributed by atoms with Gasteiger partial charge in [-0.2, -0.15) is 0 Å². The summed E-state index contributed by atoms with van der Waals surface area (Å²) in [6.45, 7) is 0. The summed E-state index contributed by atoms with van der Waals surface area (Å²) < 4.78 is 0. The highest BCUT2D eigenvalue weighted by molar-refractivity contribution is 6.07. The summed E-state index contributed by atoms with van der Waals surface area (Å²) in [5.74, 6) is 0. The molecule has 0 heterocycles. The summed E-state index contributed by atoms with van der Waals surface area (Å²) in [6, 6.07) is 14.5. The lowest BCUT2D eigenvalue weighted by atomic mass is 10.1. The maximum absolute atomic E-state index is 6.26. The molecule has 3 aromatic carbocycles. The van der Waals surface area contributed by atoms with Gasteiger partial charge in [-0.1, -0.05) is 0 Å². The molecule has 0 spiro atoms. The van der Waals surface area contributed by atoms with Crippen LogP contribution < -0.4 is 45.0 Å². The van der Waals surface area contributed by atoms with Gasteiger partial charge in [0.05, 0.1) is 34.1 Å².